The summed E-state index contributed by atoms with van der Waals surface area (Å²) in [5.41, 5.74) is 0. The zero-order valence-corrected chi connectivity index (χ0v) is 8.97. The van der Waals surface area contributed by atoms with Gasteiger partial charge in [-0.1, -0.05) is 0 Å². The molecule has 1 fully saturated rings. The van der Waals surface area contributed by atoms with Crippen molar-refractivity contribution < 1.29 is 69.1 Å². The molecule has 1 unspecified atom stereocenters. The summed E-state index contributed by atoms with van der Waals surface area (Å²) in [5, 5.41) is 0. The summed E-state index contributed by atoms with van der Waals surface area (Å²) in [6.45, 7) is 0.418. The zero-order chi connectivity index (χ0) is 6.20. The molecule has 0 aliphatic carbocycles. The van der Waals surface area contributed by atoms with E-state index in [2.05, 4.69) is 4.74 Å². The Morgan fingerprint density at radius 1 is 1.67 bits per heavy atom. The van der Waals surface area contributed by atoms with Crippen LogP contribution in [0.15, 0.2) is 0 Å². The topological polar surface area (TPSA) is 69.7 Å². The molecule has 48 valence electrons. The van der Waals surface area contributed by atoms with E-state index >= 15 is 0 Å². The van der Waals surface area contributed by atoms with Crippen molar-refractivity contribution in [3.63, 3.8) is 0 Å². The van der Waals surface area contributed by atoms with Gasteiger partial charge in [0.05, 0.1) is 28.6 Å². The molecule has 1 aliphatic rings. The van der Waals surface area contributed by atoms with Crippen molar-refractivity contribution in [1.82, 2.24) is 0 Å². The fourth-order valence-electron chi connectivity index (χ4n) is 0.392. The van der Waals surface area contributed by atoms with Crippen LogP contribution in [0.4, 0.5) is 0 Å². The molecule has 0 spiro atoms. The molecular formula is C3H5KO4S. The van der Waals surface area contributed by atoms with Gasteiger partial charge in [0.25, 0.3) is 0 Å². The van der Waals surface area contributed by atoms with E-state index in [0.29, 0.717) is 6.61 Å². The van der Waals surface area contributed by atoms with Crippen LogP contribution in [0, 0.1) is 0 Å². The number of hydrogen-bond acceptors (Lipinski definition) is 4. The van der Waals surface area contributed by atoms with E-state index in [0.717, 1.165) is 0 Å². The van der Waals surface area contributed by atoms with Gasteiger partial charge < -0.3 is 9.29 Å². The van der Waals surface area contributed by atoms with Crippen molar-refractivity contribution in [3.05, 3.63) is 0 Å². The normalized spacial score (nSPS) is 24.8. The van der Waals surface area contributed by atoms with Crippen LogP contribution in [0.3, 0.4) is 0 Å². The first-order valence-corrected chi connectivity index (χ1v) is 3.71. The fraction of sp³-hybridized carbons (Fsp3) is 1.00. The second-order valence-corrected chi connectivity index (χ2v) is 3.13. The van der Waals surface area contributed by atoms with E-state index in [4.69, 9.17) is 0 Å². The van der Waals surface area contributed by atoms with E-state index in [1.807, 2.05) is 0 Å². The van der Waals surface area contributed by atoms with Gasteiger partial charge in [-0.25, -0.2) is 8.42 Å². The van der Waals surface area contributed by atoms with E-state index in [1.54, 1.807) is 0 Å². The van der Waals surface area contributed by atoms with Crippen LogP contribution >= 0.6 is 0 Å². The Morgan fingerprint density at radius 2 is 2.11 bits per heavy atom. The van der Waals surface area contributed by atoms with Crippen LogP contribution in [0.1, 0.15) is 0 Å². The molecule has 0 amide bonds. The summed E-state index contributed by atoms with van der Waals surface area (Å²) >= 11 is 0. The minimum Gasteiger partial charge on any atom is -0.748 e. The van der Waals surface area contributed by atoms with Crippen molar-refractivity contribution in [2.45, 2.75) is 6.10 Å². The van der Waals surface area contributed by atoms with Crippen LogP contribution < -0.4 is 51.4 Å². The third-order valence-corrected chi connectivity index (χ3v) is 1.57. The SMILES string of the molecule is O=S(=O)([O-])CC1CO1.[K+]. The van der Waals surface area contributed by atoms with Crippen molar-refractivity contribution in [2.24, 2.45) is 0 Å². The Morgan fingerprint density at radius 3 is 2.22 bits per heavy atom. The third kappa shape index (κ3) is 5.93. The van der Waals surface area contributed by atoms with Crippen LogP contribution in [0.2, 0.25) is 0 Å². The average molecular weight is 176 g/mol. The van der Waals surface area contributed by atoms with Crippen molar-refractivity contribution in [3.8, 4) is 0 Å². The van der Waals surface area contributed by atoms with Gasteiger partial charge in [-0.3, -0.25) is 0 Å². The summed E-state index contributed by atoms with van der Waals surface area (Å²) in [5.74, 6) is -0.368. The van der Waals surface area contributed by atoms with Gasteiger partial charge in [0.1, 0.15) is 0 Å². The summed E-state index contributed by atoms with van der Waals surface area (Å²) in [6, 6.07) is 0. The average Bonchev–Trinajstić information content (AvgIpc) is 2.12. The van der Waals surface area contributed by atoms with Crippen LogP contribution in [-0.4, -0.2) is 31.4 Å². The van der Waals surface area contributed by atoms with Gasteiger partial charge in [0.2, 0.25) is 0 Å². The Labute approximate surface area is 96.1 Å². The van der Waals surface area contributed by atoms with Gasteiger partial charge in [0, 0.05) is 0 Å². The predicted molar refractivity (Wildman–Crippen MR) is 24.3 cm³/mol. The van der Waals surface area contributed by atoms with Gasteiger partial charge in [-0.15, -0.1) is 0 Å². The molecule has 0 aromatic rings. The minimum absolute atomic E-state index is 0. The van der Waals surface area contributed by atoms with Crippen LogP contribution in [0.25, 0.3) is 0 Å². The van der Waals surface area contributed by atoms with Gasteiger partial charge in [0.15, 0.2) is 0 Å². The van der Waals surface area contributed by atoms with Gasteiger partial charge in [-0.2, -0.15) is 0 Å². The van der Waals surface area contributed by atoms with E-state index in [9.17, 15) is 13.0 Å². The first kappa shape index (κ1) is 10.5. The first-order valence-electron chi connectivity index (χ1n) is 2.13. The molecule has 0 saturated carbocycles. The summed E-state index contributed by atoms with van der Waals surface area (Å²) in [6.07, 6.45) is -0.308. The monoisotopic (exact) mass is 176 g/mol. The summed E-state index contributed by atoms with van der Waals surface area (Å²) < 4.78 is 34.0. The smallest absolute Gasteiger partial charge is 0.748 e. The maximum absolute atomic E-state index is 9.85. The standard InChI is InChI=1S/C3H6O4S.K/c4-8(5,6)2-3-1-7-3;/h3H,1-2H2,(H,4,5,6);/q;+1/p-1. The molecule has 6 heteroatoms. The Balaban J connectivity index is 0.000000640. The molecule has 9 heavy (non-hydrogen) atoms. The second-order valence-electron chi connectivity index (χ2n) is 1.68. The van der Waals surface area contributed by atoms with Crippen LogP contribution in [-0.2, 0) is 14.9 Å². The molecule has 0 bridgehead atoms. The fourth-order valence-corrected chi connectivity index (χ4v) is 1.04. The van der Waals surface area contributed by atoms with Gasteiger partial charge >= 0.3 is 51.4 Å². The first-order chi connectivity index (χ1) is 3.58. The molecule has 0 N–H and O–H groups in total. The molecule has 1 aliphatic heterocycles. The van der Waals surface area contributed by atoms with E-state index in [1.165, 1.54) is 0 Å². The molecule has 0 aromatic heterocycles. The number of hydrogen-bond donors (Lipinski definition) is 0. The molecule has 0 aromatic carbocycles. The van der Waals surface area contributed by atoms with E-state index in [-0.39, 0.29) is 63.2 Å². The second kappa shape index (κ2) is 3.77. The zero-order valence-electron chi connectivity index (χ0n) is 5.03. The number of rotatable bonds is 2. The summed E-state index contributed by atoms with van der Waals surface area (Å²) in [7, 11) is -4.04. The molecule has 1 atom stereocenters. The third-order valence-electron chi connectivity index (χ3n) is 0.792. The summed E-state index contributed by atoms with van der Waals surface area (Å²) in [4.78, 5) is 0. The quantitative estimate of drug-likeness (QED) is 0.244. The molecular weight excluding hydrogens is 171 g/mol. The maximum Gasteiger partial charge on any atom is 1.00 e. The Kier molecular flexibility index (Phi) is 4.40. The number of ether oxygens (including phenoxy) is 1. The molecule has 0 radical (unpaired) electrons. The largest absolute Gasteiger partial charge is 1.00 e. The van der Waals surface area contributed by atoms with Crippen molar-refractivity contribution in [1.29, 1.82) is 0 Å². The molecule has 1 heterocycles. The molecule has 1 saturated heterocycles. The van der Waals surface area contributed by atoms with Crippen LogP contribution in [0.5, 0.6) is 0 Å². The Bertz CT molecular complexity index is 170. The van der Waals surface area contributed by atoms with E-state index < -0.39 is 10.1 Å². The predicted octanol–water partition coefficient (Wildman–Crippen LogP) is -4.07. The van der Waals surface area contributed by atoms with Crippen molar-refractivity contribution in [2.75, 3.05) is 12.4 Å². The maximum atomic E-state index is 9.85. The van der Waals surface area contributed by atoms with Crippen molar-refractivity contribution >= 4 is 10.1 Å². The molecule has 4 nitrogen and oxygen atoms in total. The molecule has 1 rings (SSSR count). The van der Waals surface area contributed by atoms with Gasteiger partial charge in [-0.05, 0) is 0 Å². The Hall–Kier alpha value is 1.51. The number of epoxide rings is 1. The minimum atomic E-state index is -4.04.